The molecule has 13 heteroatoms. The van der Waals surface area contributed by atoms with Crippen molar-refractivity contribution in [3.05, 3.63) is 72.7 Å². The normalized spacial score (nSPS) is 14.8. The largest absolute Gasteiger partial charge is 0.478 e. The molecule has 2 N–H and O–H groups in total. The summed E-state index contributed by atoms with van der Waals surface area (Å²) in [5.41, 5.74) is 1.81. The summed E-state index contributed by atoms with van der Waals surface area (Å²) >= 11 is 0. The molecular weight excluding hydrogens is 544 g/mol. The van der Waals surface area contributed by atoms with Gasteiger partial charge >= 0.3 is 5.97 Å². The number of aromatic carboxylic acids is 1. The van der Waals surface area contributed by atoms with Crippen LogP contribution in [-0.4, -0.2) is 74.7 Å². The zero-order valence-electron chi connectivity index (χ0n) is 20.7. The number of hydrogen-bond donors (Lipinski definition) is 2. The van der Waals surface area contributed by atoms with Crippen LogP contribution in [0, 0.1) is 0 Å². The van der Waals surface area contributed by atoms with Crippen molar-refractivity contribution < 1.29 is 31.5 Å². The highest BCUT2D eigenvalue weighted by Crippen LogP contribution is 2.37. The Morgan fingerprint density at radius 2 is 1.72 bits per heavy atom. The first kappa shape index (κ1) is 26.7. The van der Waals surface area contributed by atoms with Crippen LogP contribution in [0.2, 0.25) is 0 Å². The summed E-state index contributed by atoms with van der Waals surface area (Å²) in [5, 5.41) is 13.2. The number of aromatic nitrogens is 2. The molecule has 0 spiro atoms. The molecule has 2 aromatic heterocycles. The predicted molar refractivity (Wildman–Crippen MR) is 144 cm³/mol. The first-order valence-corrected chi connectivity index (χ1v) is 15.1. The smallest absolute Gasteiger partial charge is 0.337 e. The molecule has 4 aromatic rings. The van der Waals surface area contributed by atoms with Gasteiger partial charge in [0.1, 0.15) is 4.90 Å². The number of pyridine rings is 2. The van der Waals surface area contributed by atoms with Gasteiger partial charge in [-0.25, -0.2) is 21.6 Å². The summed E-state index contributed by atoms with van der Waals surface area (Å²) in [4.78, 5) is 20.3. The van der Waals surface area contributed by atoms with Gasteiger partial charge in [0.25, 0.3) is 0 Å². The molecule has 0 amide bonds. The molecule has 0 aliphatic carbocycles. The number of rotatable bonds is 7. The molecule has 5 rings (SSSR count). The maximum absolute atomic E-state index is 13.8. The van der Waals surface area contributed by atoms with Gasteiger partial charge in [0.15, 0.2) is 9.84 Å². The minimum Gasteiger partial charge on any atom is -0.478 e. The number of carbonyl (C=O) groups is 1. The molecule has 11 nitrogen and oxygen atoms in total. The molecule has 3 heterocycles. The number of benzene rings is 2. The molecule has 202 valence electrons. The van der Waals surface area contributed by atoms with Gasteiger partial charge in [-0.05, 0) is 35.9 Å². The Kier molecular flexibility index (Phi) is 7.07. The van der Waals surface area contributed by atoms with Crippen molar-refractivity contribution in [3.8, 4) is 11.1 Å². The van der Waals surface area contributed by atoms with Crippen LogP contribution in [-0.2, 0) is 24.6 Å². The highest BCUT2D eigenvalue weighted by atomic mass is 32.2. The highest BCUT2D eigenvalue weighted by molar-refractivity contribution is 7.90. The lowest BCUT2D eigenvalue weighted by molar-refractivity contribution is 0.0698. The number of carboxylic acid groups (broad SMARTS) is 1. The van der Waals surface area contributed by atoms with Crippen LogP contribution in [0.1, 0.15) is 10.4 Å². The first-order chi connectivity index (χ1) is 18.6. The summed E-state index contributed by atoms with van der Waals surface area (Å²) in [5.74, 6) is -1.18. The fourth-order valence-electron chi connectivity index (χ4n) is 4.30. The van der Waals surface area contributed by atoms with Crippen LogP contribution in [0.3, 0.4) is 0 Å². The summed E-state index contributed by atoms with van der Waals surface area (Å²) < 4.78 is 58.3. The van der Waals surface area contributed by atoms with Crippen LogP contribution in [0.5, 0.6) is 0 Å². The number of ether oxygens (including phenoxy) is 1. The van der Waals surface area contributed by atoms with Gasteiger partial charge in [-0.3, -0.25) is 9.97 Å². The molecule has 39 heavy (non-hydrogen) atoms. The number of morpholine rings is 1. The van der Waals surface area contributed by atoms with Crippen molar-refractivity contribution in [2.75, 3.05) is 37.9 Å². The monoisotopic (exact) mass is 568 g/mol. The molecular formula is C26H24N4O7S2. The van der Waals surface area contributed by atoms with Gasteiger partial charge in [-0.15, -0.1) is 0 Å². The number of hydrogen-bond acceptors (Lipinski definition) is 9. The van der Waals surface area contributed by atoms with Crippen molar-refractivity contribution in [3.63, 3.8) is 0 Å². The Bertz CT molecular complexity index is 1800. The number of nitrogens with zero attached hydrogens (tertiary/aromatic N) is 3. The zero-order valence-corrected chi connectivity index (χ0v) is 22.4. The molecule has 0 unspecified atom stereocenters. The maximum atomic E-state index is 13.8. The van der Waals surface area contributed by atoms with Crippen molar-refractivity contribution >= 4 is 48.1 Å². The number of nitrogens with one attached hydrogen (secondary N) is 1. The lowest BCUT2D eigenvalue weighted by Gasteiger charge is -2.27. The van der Waals surface area contributed by atoms with Crippen molar-refractivity contribution in [1.82, 2.24) is 14.3 Å². The lowest BCUT2D eigenvalue weighted by atomic mass is 10.0. The standard InChI is InChI=1S/C26H24N4O7S2/c1-38(33,34)19-12-18(14-27-15-19)17-6-7-22-21(13-17)25(29-23-5-3-2-4-20(23)26(31)32)24(16-28-22)39(35,36)30-8-10-37-11-9-30/h2-7,12-16H,8-11H2,1H3,(H,28,29)(H,31,32). The molecule has 0 atom stereocenters. The molecule has 1 aliphatic rings. The average molecular weight is 569 g/mol. The van der Waals surface area contributed by atoms with E-state index in [-0.39, 0.29) is 53.0 Å². The third-order valence-corrected chi connectivity index (χ3v) is 9.30. The van der Waals surface area contributed by atoms with E-state index in [1.165, 1.54) is 35.0 Å². The Labute approximate surface area is 225 Å². The molecule has 1 saturated heterocycles. The second-order valence-corrected chi connectivity index (χ2v) is 12.8. The van der Waals surface area contributed by atoms with Gasteiger partial charge in [0.2, 0.25) is 10.0 Å². The molecule has 0 saturated carbocycles. The summed E-state index contributed by atoms with van der Waals surface area (Å²) in [6.07, 6.45) is 5.10. The lowest BCUT2D eigenvalue weighted by Crippen LogP contribution is -2.40. The maximum Gasteiger partial charge on any atom is 0.337 e. The number of sulfonamides is 1. The Balaban J connectivity index is 1.74. The Hall–Kier alpha value is -3.91. The van der Waals surface area contributed by atoms with Crippen LogP contribution in [0.4, 0.5) is 11.4 Å². The van der Waals surface area contributed by atoms with Crippen molar-refractivity contribution in [2.45, 2.75) is 9.79 Å². The van der Waals surface area contributed by atoms with Crippen LogP contribution in [0.25, 0.3) is 22.0 Å². The van der Waals surface area contributed by atoms with Crippen molar-refractivity contribution in [1.29, 1.82) is 0 Å². The Morgan fingerprint density at radius 1 is 0.974 bits per heavy atom. The van der Waals surface area contributed by atoms with Crippen molar-refractivity contribution in [2.24, 2.45) is 0 Å². The van der Waals surface area contributed by atoms with E-state index in [1.807, 2.05) is 0 Å². The van der Waals surface area contributed by atoms with E-state index >= 15 is 0 Å². The number of carboxylic acids is 1. The van der Waals surface area contributed by atoms with Gasteiger partial charge in [0, 0.05) is 48.9 Å². The van der Waals surface area contributed by atoms with E-state index in [1.54, 1.807) is 36.4 Å². The first-order valence-electron chi connectivity index (χ1n) is 11.8. The van der Waals surface area contributed by atoms with Crippen LogP contribution >= 0.6 is 0 Å². The zero-order chi connectivity index (χ0) is 27.8. The second kappa shape index (κ2) is 10.3. The number of para-hydroxylation sites is 1. The third kappa shape index (κ3) is 5.34. The molecule has 1 fully saturated rings. The minimum absolute atomic E-state index is 0.0376. The summed E-state index contributed by atoms with van der Waals surface area (Å²) in [6.45, 7) is 0.822. The third-order valence-electron chi connectivity index (χ3n) is 6.31. The predicted octanol–water partition coefficient (Wildman–Crippen LogP) is 3.16. The summed E-state index contributed by atoms with van der Waals surface area (Å²) in [6, 6.07) is 12.7. The van der Waals surface area contributed by atoms with E-state index in [0.29, 0.717) is 22.0 Å². The van der Waals surface area contributed by atoms with E-state index < -0.39 is 25.8 Å². The molecule has 0 bridgehead atoms. The van der Waals surface area contributed by atoms with Crippen LogP contribution in [0.15, 0.2) is 76.9 Å². The molecule has 0 radical (unpaired) electrons. The number of anilines is 2. The van der Waals surface area contributed by atoms with Gasteiger partial charge in [-0.1, -0.05) is 18.2 Å². The highest BCUT2D eigenvalue weighted by Gasteiger charge is 2.30. The van der Waals surface area contributed by atoms with E-state index in [2.05, 4.69) is 15.3 Å². The SMILES string of the molecule is CS(=O)(=O)c1cncc(-c2ccc3ncc(S(=O)(=O)N4CCOCC4)c(Nc4ccccc4C(=O)O)c3c2)c1. The second-order valence-electron chi connectivity index (χ2n) is 8.90. The fourth-order valence-corrected chi connectivity index (χ4v) is 6.40. The summed E-state index contributed by atoms with van der Waals surface area (Å²) in [7, 11) is -7.57. The fraction of sp³-hybridized carbons (Fsp3) is 0.192. The minimum atomic E-state index is -4.05. The average Bonchev–Trinajstić information content (AvgIpc) is 2.93. The molecule has 2 aromatic carbocycles. The molecule has 1 aliphatic heterocycles. The van der Waals surface area contributed by atoms with Gasteiger partial charge in [0.05, 0.1) is 40.6 Å². The van der Waals surface area contributed by atoms with Crippen LogP contribution < -0.4 is 5.32 Å². The van der Waals surface area contributed by atoms with E-state index in [9.17, 15) is 26.7 Å². The number of fused-ring (bicyclic) bond motifs is 1. The van der Waals surface area contributed by atoms with E-state index in [4.69, 9.17) is 4.74 Å². The van der Waals surface area contributed by atoms with Gasteiger partial charge in [-0.2, -0.15) is 4.31 Å². The Morgan fingerprint density at radius 3 is 2.44 bits per heavy atom. The number of sulfone groups is 1. The van der Waals surface area contributed by atoms with E-state index in [0.717, 1.165) is 6.26 Å². The topological polar surface area (TPSA) is 156 Å². The van der Waals surface area contributed by atoms with Gasteiger partial charge < -0.3 is 15.2 Å². The quantitative estimate of drug-likeness (QED) is 0.339.